The molecule has 1 aliphatic heterocycles. The van der Waals surface area contributed by atoms with Gasteiger partial charge in [-0.05, 0) is 12.3 Å². The molecule has 0 bridgehead atoms. The van der Waals surface area contributed by atoms with Crippen molar-refractivity contribution < 1.29 is 9.90 Å². The van der Waals surface area contributed by atoms with E-state index in [0.29, 0.717) is 5.92 Å². The van der Waals surface area contributed by atoms with Crippen LogP contribution in [0.1, 0.15) is 31.9 Å². The second-order valence-corrected chi connectivity index (χ2v) is 5.47. The molecule has 0 aromatic carbocycles. The highest BCUT2D eigenvalue weighted by Gasteiger charge is 2.18. The molecule has 1 aromatic rings. The Kier molecular flexibility index (Phi) is 4.89. The number of aromatic nitrogens is 2. The Hall–Kier alpha value is -1.69. The van der Waals surface area contributed by atoms with E-state index in [1.165, 1.54) is 0 Å². The zero-order valence-corrected chi connectivity index (χ0v) is 12.1. The van der Waals surface area contributed by atoms with E-state index < -0.39 is 5.97 Å². The van der Waals surface area contributed by atoms with Gasteiger partial charge in [0.15, 0.2) is 0 Å². The summed E-state index contributed by atoms with van der Waals surface area (Å²) >= 11 is 0. The minimum absolute atomic E-state index is 0.120. The van der Waals surface area contributed by atoms with E-state index in [9.17, 15) is 4.79 Å². The van der Waals surface area contributed by atoms with Crippen LogP contribution in [0.15, 0.2) is 12.4 Å². The molecule has 110 valence electrons. The second-order valence-electron chi connectivity index (χ2n) is 5.47. The summed E-state index contributed by atoms with van der Waals surface area (Å²) in [6.07, 6.45) is 2.57. The van der Waals surface area contributed by atoms with Gasteiger partial charge in [-0.2, -0.15) is 0 Å². The lowest BCUT2D eigenvalue weighted by Crippen LogP contribution is -2.34. The van der Waals surface area contributed by atoms with Crippen LogP contribution < -0.4 is 4.90 Å². The molecule has 1 saturated heterocycles. The molecule has 2 heterocycles. The highest BCUT2D eigenvalue weighted by atomic mass is 16.4. The minimum Gasteiger partial charge on any atom is -0.480 e. The fraction of sp³-hybridized carbons (Fsp3) is 0.643. The highest BCUT2D eigenvalue weighted by Crippen LogP contribution is 2.18. The molecular weight excluding hydrogens is 256 g/mol. The average molecular weight is 278 g/mol. The Morgan fingerprint density at radius 1 is 1.30 bits per heavy atom. The quantitative estimate of drug-likeness (QED) is 0.892. The van der Waals surface area contributed by atoms with Crippen LogP contribution in [0.3, 0.4) is 0 Å². The van der Waals surface area contributed by atoms with E-state index in [2.05, 4.69) is 28.7 Å². The molecule has 0 aliphatic carbocycles. The predicted octanol–water partition coefficient (Wildman–Crippen LogP) is 1.20. The summed E-state index contributed by atoms with van der Waals surface area (Å²) in [6.45, 7) is 7.64. The summed E-state index contributed by atoms with van der Waals surface area (Å²) in [4.78, 5) is 23.6. The van der Waals surface area contributed by atoms with Crippen molar-refractivity contribution in [1.29, 1.82) is 0 Å². The Morgan fingerprint density at radius 2 is 2.10 bits per heavy atom. The lowest BCUT2D eigenvalue weighted by Gasteiger charge is -2.22. The number of hydrogen-bond acceptors (Lipinski definition) is 5. The van der Waals surface area contributed by atoms with Crippen molar-refractivity contribution in [3.63, 3.8) is 0 Å². The first-order valence-electron chi connectivity index (χ1n) is 7.07. The molecule has 0 radical (unpaired) electrons. The third-order valence-electron chi connectivity index (χ3n) is 3.54. The predicted molar refractivity (Wildman–Crippen MR) is 77.0 cm³/mol. The number of carbonyl (C=O) groups is 1. The lowest BCUT2D eigenvalue weighted by molar-refractivity contribution is -0.138. The fourth-order valence-electron chi connectivity index (χ4n) is 2.40. The monoisotopic (exact) mass is 278 g/mol. The summed E-state index contributed by atoms with van der Waals surface area (Å²) in [7, 11) is 0. The molecule has 0 atom stereocenters. The standard InChI is InChI=1S/C14H22N4O2/c1-11(2)12-8-13(16-10-15-12)18-5-3-4-17(6-7-18)9-14(19)20/h8,10-11H,3-7,9H2,1-2H3,(H,19,20). The van der Waals surface area contributed by atoms with E-state index in [1.807, 2.05) is 11.0 Å². The van der Waals surface area contributed by atoms with Crippen LogP contribution in [0, 0.1) is 0 Å². The number of rotatable bonds is 4. The molecule has 0 amide bonds. The normalized spacial score (nSPS) is 17.2. The maximum atomic E-state index is 10.8. The highest BCUT2D eigenvalue weighted by molar-refractivity contribution is 5.69. The average Bonchev–Trinajstić information content (AvgIpc) is 2.64. The Bertz CT molecular complexity index is 464. The van der Waals surface area contributed by atoms with Crippen LogP contribution in [0.4, 0.5) is 5.82 Å². The molecular formula is C14H22N4O2. The van der Waals surface area contributed by atoms with Crippen LogP contribution >= 0.6 is 0 Å². The summed E-state index contributed by atoms with van der Waals surface area (Å²) < 4.78 is 0. The van der Waals surface area contributed by atoms with Crippen LogP contribution in [-0.4, -0.2) is 58.7 Å². The molecule has 1 aliphatic rings. The van der Waals surface area contributed by atoms with Gasteiger partial charge in [-0.1, -0.05) is 13.8 Å². The topological polar surface area (TPSA) is 69.6 Å². The third-order valence-corrected chi connectivity index (χ3v) is 3.54. The Labute approximate surface area is 119 Å². The summed E-state index contributed by atoms with van der Waals surface area (Å²) in [5.41, 5.74) is 1.04. The van der Waals surface area contributed by atoms with Crippen molar-refractivity contribution in [1.82, 2.24) is 14.9 Å². The van der Waals surface area contributed by atoms with Crippen molar-refractivity contribution in [3.05, 3.63) is 18.1 Å². The number of hydrogen-bond donors (Lipinski definition) is 1. The van der Waals surface area contributed by atoms with Crippen molar-refractivity contribution in [2.45, 2.75) is 26.2 Å². The van der Waals surface area contributed by atoms with Gasteiger partial charge >= 0.3 is 5.97 Å². The minimum atomic E-state index is -0.761. The van der Waals surface area contributed by atoms with Crippen molar-refractivity contribution in [2.24, 2.45) is 0 Å². The Morgan fingerprint density at radius 3 is 2.80 bits per heavy atom. The van der Waals surface area contributed by atoms with Gasteiger partial charge in [-0.25, -0.2) is 9.97 Å². The lowest BCUT2D eigenvalue weighted by atomic mass is 10.1. The maximum absolute atomic E-state index is 10.8. The smallest absolute Gasteiger partial charge is 0.317 e. The molecule has 6 heteroatoms. The van der Waals surface area contributed by atoms with Gasteiger partial charge < -0.3 is 10.0 Å². The third kappa shape index (κ3) is 3.90. The molecule has 20 heavy (non-hydrogen) atoms. The molecule has 1 N–H and O–H groups in total. The number of aliphatic carboxylic acids is 1. The van der Waals surface area contributed by atoms with Gasteiger partial charge in [-0.15, -0.1) is 0 Å². The van der Waals surface area contributed by atoms with Crippen LogP contribution in [0.2, 0.25) is 0 Å². The van der Waals surface area contributed by atoms with Gasteiger partial charge in [0.25, 0.3) is 0 Å². The number of nitrogens with zero attached hydrogens (tertiary/aromatic N) is 4. The van der Waals surface area contributed by atoms with E-state index in [0.717, 1.165) is 44.1 Å². The summed E-state index contributed by atoms with van der Waals surface area (Å²) in [5, 5.41) is 8.86. The van der Waals surface area contributed by atoms with Crippen LogP contribution in [0.25, 0.3) is 0 Å². The zero-order valence-electron chi connectivity index (χ0n) is 12.1. The van der Waals surface area contributed by atoms with Gasteiger partial charge in [0, 0.05) is 37.9 Å². The Balaban J connectivity index is 2.03. The summed E-state index contributed by atoms with van der Waals surface area (Å²) in [6, 6.07) is 2.04. The van der Waals surface area contributed by atoms with E-state index in [-0.39, 0.29) is 6.54 Å². The molecule has 0 spiro atoms. The van der Waals surface area contributed by atoms with Gasteiger partial charge in [-0.3, -0.25) is 9.69 Å². The fourth-order valence-corrected chi connectivity index (χ4v) is 2.40. The van der Waals surface area contributed by atoms with E-state index in [4.69, 9.17) is 5.11 Å². The maximum Gasteiger partial charge on any atom is 0.317 e. The van der Waals surface area contributed by atoms with Gasteiger partial charge in [0.1, 0.15) is 12.1 Å². The SMILES string of the molecule is CC(C)c1cc(N2CCCN(CC(=O)O)CC2)ncn1. The van der Waals surface area contributed by atoms with Gasteiger partial charge in [0.2, 0.25) is 0 Å². The van der Waals surface area contributed by atoms with Crippen LogP contribution in [-0.2, 0) is 4.79 Å². The summed E-state index contributed by atoms with van der Waals surface area (Å²) in [5.74, 6) is 0.565. The van der Waals surface area contributed by atoms with E-state index >= 15 is 0 Å². The van der Waals surface area contributed by atoms with E-state index in [1.54, 1.807) is 6.33 Å². The molecule has 0 unspecified atom stereocenters. The first-order chi connectivity index (χ1) is 9.56. The molecule has 2 rings (SSSR count). The largest absolute Gasteiger partial charge is 0.480 e. The molecule has 0 saturated carbocycles. The number of carboxylic acids is 1. The molecule has 6 nitrogen and oxygen atoms in total. The molecule has 1 fully saturated rings. The second kappa shape index (κ2) is 6.65. The van der Waals surface area contributed by atoms with Crippen molar-refractivity contribution >= 4 is 11.8 Å². The van der Waals surface area contributed by atoms with Gasteiger partial charge in [0.05, 0.1) is 6.54 Å². The first kappa shape index (κ1) is 14.7. The number of anilines is 1. The number of carboxylic acid groups (broad SMARTS) is 1. The zero-order chi connectivity index (χ0) is 14.5. The van der Waals surface area contributed by atoms with Crippen LogP contribution in [0.5, 0.6) is 0 Å². The van der Waals surface area contributed by atoms with Crippen molar-refractivity contribution in [2.75, 3.05) is 37.6 Å². The molecule has 1 aromatic heterocycles. The first-order valence-corrected chi connectivity index (χ1v) is 7.07. The van der Waals surface area contributed by atoms with Crippen molar-refractivity contribution in [3.8, 4) is 0 Å².